The third-order valence-corrected chi connectivity index (χ3v) is 6.84. The van der Waals surface area contributed by atoms with Gasteiger partial charge in [0.1, 0.15) is 11.1 Å². The second-order valence-electron chi connectivity index (χ2n) is 6.54. The Bertz CT molecular complexity index is 1290. The number of fused-ring (bicyclic) bond motifs is 2. The number of hydrogen-bond acceptors (Lipinski definition) is 7. The zero-order valence-corrected chi connectivity index (χ0v) is 18.1. The summed E-state index contributed by atoms with van der Waals surface area (Å²) in [5, 5.41) is 6.76. The van der Waals surface area contributed by atoms with Gasteiger partial charge in [0.15, 0.2) is 0 Å². The van der Waals surface area contributed by atoms with E-state index >= 15 is 0 Å². The Labute approximate surface area is 180 Å². The lowest BCUT2D eigenvalue weighted by molar-refractivity contribution is 0.0950. The van der Waals surface area contributed by atoms with E-state index in [9.17, 15) is 9.59 Å². The molecule has 0 radical (unpaired) electrons. The summed E-state index contributed by atoms with van der Waals surface area (Å²) in [5.41, 5.74) is 9.60. The third kappa shape index (κ3) is 3.81. The average Bonchev–Trinajstić information content (AvgIpc) is 3.34. The monoisotopic (exact) mass is 440 g/mol. The van der Waals surface area contributed by atoms with Crippen molar-refractivity contribution in [3.8, 4) is 0 Å². The Morgan fingerprint density at radius 1 is 1.13 bits per heavy atom. The van der Waals surface area contributed by atoms with Crippen molar-refractivity contribution in [3.05, 3.63) is 57.8 Å². The molecular weight excluding hydrogens is 420 g/mol. The van der Waals surface area contributed by atoms with Crippen LogP contribution < -0.4 is 21.6 Å². The second-order valence-corrected chi connectivity index (χ2v) is 8.57. The summed E-state index contributed by atoms with van der Waals surface area (Å²) in [6, 6.07) is 11.1. The molecule has 7 nitrogen and oxygen atoms in total. The number of nitrogens with zero attached hydrogens (tertiary/aromatic N) is 2. The third-order valence-electron chi connectivity index (χ3n) is 4.75. The minimum absolute atomic E-state index is 0.0292. The summed E-state index contributed by atoms with van der Waals surface area (Å²) in [7, 11) is 0. The van der Waals surface area contributed by atoms with E-state index in [0.29, 0.717) is 10.5 Å². The van der Waals surface area contributed by atoms with Crippen molar-refractivity contribution in [2.45, 2.75) is 13.8 Å². The first-order valence-electron chi connectivity index (χ1n) is 9.44. The van der Waals surface area contributed by atoms with E-state index in [0.717, 1.165) is 33.6 Å². The SMILES string of the molecule is CCN(CC)c1ccc2cc(C(N)=O)c(=NNC(=O)c3cc4sccc4s3)oc2c1. The highest BCUT2D eigenvalue weighted by Crippen LogP contribution is 2.29. The molecule has 0 aliphatic rings. The second kappa shape index (κ2) is 8.29. The Hall–Kier alpha value is -3.17. The first-order chi connectivity index (χ1) is 14.5. The molecule has 3 aromatic heterocycles. The highest BCUT2D eigenvalue weighted by atomic mass is 32.1. The molecule has 9 heteroatoms. The predicted octanol–water partition coefficient (Wildman–Crippen LogP) is 3.90. The average molecular weight is 441 g/mol. The van der Waals surface area contributed by atoms with Gasteiger partial charge in [0.25, 0.3) is 11.8 Å². The van der Waals surface area contributed by atoms with Gasteiger partial charge in [-0.1, -0.05) is 0 Å². The van der Waals surface area contributed by atoms with Crippen molar-refractivity contribution >= 4 is 60.5 Å². The fourth-order valence-corrected chi connectivity index (χ4v) is 5.18. The zero-order chi connectivity index (χ0) is 21.3. The van der Waals surface area contributed by atoms with Gasteiger partial charge in [0.2, 0.25) is 5.55 Å². The number of amides is 2. The number of nitrogens with one attached hydrogen (secondary N) is 1. The molecule has 4 aromatic rings. The summed E-state index contributed by atoms with van der Waals surface area (Å²) >= 11 is 2.95. The quantitative estimate of drug-likeness (QED) is 0.444. The predicted molar refractivity (Wildman–Crippen MR) is 121 cm³/mol. The summed E-state index contributed by atoms with van der Waals surface area (Å²) in [6.07, 6.45) is 0. The molecule has 0 atom stereocenters. The number of nitrogens with two attached hydrogens (primary N) is 1. The van der Waals surface area contributed by atoms with Crippen LogP contribution in [0.1, 0.15) is 33.9 Å². The molecule has 3 heterocycles. The highest BCUT2D eigenvalue weighted by molar-refractivity contribution is 7.27. The molecule has 4 rings (SSSR count). The van der Waals surface area contributed by atoms with Crippen LogP contribution in [0.3, 0.4) is 0 Å². The molecule has 0 saturated carbocycles. The molecule has 0 spiro atoms. The van der Waals surface area contributed by atoms with Gasteiger partial charge in [-0.3, -0.25) is 9.59 Å². The molecule has 1 aromatic carbocycles. The van der Waals surface area contributed by atoms with Crippen LogP contribution in [0.5, 0.6) is 0 Å². The Kier molecular flexibility index (Phi) is 5.56. The molecule has 0 saturated heterocycles. The van der Waals surface area contributed by atoms with Crippen molar-refractivity contribution in [2.75, 3.05) is 18.0 Å². The minimum atomic E-state index is -0.682. The largest absolute Gasteiger partial charge is 0.436 e. The van der Waals surface area contributed by atoms with Gasteiger partial charge in [0, 0.05) is 39.6 Å². The molecule has 3 N–H and O–H groups in total. The lowest BCUT2D eigenvalue weighted by Gasteiger charge is -2.21. The van der Waals surface area contributed by atoms with Crippen LogP contribution in [-0.2, 0) is 0 Å². The molecular formula is C21H20N4O3S2. The van der Waals surface area contributed by atoms with Gasteiger partial charge >= 0.3 is 0 Å². The standard InChI is InChI=1S/C21H20N4O3S2/c1-3-25(4-2)13-6-5-12-9-14(19(22)26)21(28-15(12)10-13)24-23-20(27)18-11-17-16(30-18)7-8-29-17/h5-11H,3-4H2,1-2H3,(H2,22,26)(H,23,27). The molecule has 0 fully saturated rings. The lowest BCUT2D eigenvalue weighted by atomic mass is 10.1. The number of carbonyl (C=O) groups is 2. The molecule has 2 amide bonds. The van der Waals surface area contributed by atoms with E-state index < -0.39 is 5.91 Å². The van der Waals surface area contributed by atoms with E-state index in [4.69, 9.17) is 10.2 Å². The van der Waals surface area contributed by atoms with E-state index in [1.54, 1.807) is 17.4 Å². The number of primary amides is 1. The van der Waals surface area contributed by atoms with E-state index in [-0.39, 0.29) is 17.0 Å². The topological polar surface area (TPSA) is 101 Å². The van der Waals surface area contributed by atoms with Crippen LogP contribution >= 0.6 is 22.7 Å². The Balaban J connectivity index is 1.72. The van der Waals surface area contributed by atoms with Crippen molar-refractivity contribution in [2.24, 2.45) is 10.8 Å². The van der Waals surface area contributed by atoms with Crippen LogP contribution in [0.15, 0.2) is 51.3 Å². The number of rotatable bonds is 6. The van der Waals surface area contributed by atoms with Crippen LogP contribution in [0.25, 0.3) is 20.4 Å². The maximum absolute atomic E-state index is 12.5. The molecule has 154 valence electrons. The highest BCUT2D eigenvalue weighted by Gasteiger charge is 2.13. The fraction of sp³-hybridized carbons (Fsp3) is 0.190. The molecule has 30 heavy (non-hydrogen) atoms. The van der Waals surface area contributed by atoms with Gasteiger partial charge in [-0.15, -0.1) is 27.8 Å². The van der Waals surface area contributed by atoms with Crippen LogP contribution in [0, 0.1) is 0 Å². The van der Waals surface area contributed by atoms with Gasteiger partial charge in [0.05, 0.1) is 4.88 Å². The normalized spacial score (nSPS) is 11.9. The summed E-state index contributed by atoms with van der Waals surface area (Å²) in [5.74, 6) is -1.05. The first-order valence-corrected chi connectivity index (χ1v) is 11.1. The summed E-state index contributed by atoms with van der Waals surface area (Å²) in [4.78, 5) is 27.1. The van der Waals surface area contributed by atoms with E-state index in [1.807, 2.05) is 35.7 Å². The van der Waals surface area contributed by atoms with Gasteiger partial charge in [-0.2, -0.15) is 0 Å². The minimum Gasteiger partial charge on any atom is -0.436 e. The maximum atomic E-state index is 12.5. The van der Waals surface area contributed by atoms with E-state index in [1.165, 1.54) is 11.3 Å². The number of carbonyl (C=O) groups excluding carboxylic acids is 2. The van der Waals surface area contributed by atoms with Crippen molar-refractivity contribution < 1.29 is 14.0 Å². The van der Waals surface area contributed by atoms with Gasteiger partial charge in [-0.05, 0) is 49.6 Å². The summed E-state index contributed by atoms with van der Waals surface area (Å²) in [6.45, 7) is 5.86. The Morgan fingerprint density at radius 2 is 1.93 bits per heavy atom. The molecule has 0 unspecified atom stereocenters. The van der Waals surface area contributed by atoms with Gasteiger partial charge < -0.3 is 15.1 Å². The van der Waals surface area contributed by atoms with Crippen molar-refractivity contribution in [1.82, 2.24) is 5.43 Å². The fourth-order valence-electron chi connectivity index (χ4n) is 3.19. The van der Waals surface area contributed by atoms with Gasteiger partial charge in [-0.25, -0.2) is 5.43 Å². The zero-order valence-electron chi connectivity index (χ0n) is 16.5. The Morgan fingerprint density at radius 3 is 2.63 bits per heavy atom. The molecule has 0 aliphatic carbocycles. The van der Waals surface area contributed by atoms with Crippen LogP contribution in [-0.4, -0.2) is 24.9 Å². The number of hydrogen-bond donors (Lipinski definition) is 2. The van der Waals surface area contributed by atoms with Crippen LogP contribution in [0.2, 0.25) is 0 Å². The van der Waals surface area contributed by atoms with Crippen molar-refractivity contribution in [3.63, 3.8) is 0 Å². The lowest BCUT2D eigenvalue weighted by Crippen LogP contribution is -2.26. The van der Waals surface area contributed by atoms with E-state index in [2.05, 4.69) is 29.3 Å². The first kappa shape index (κ1) is 20.1. The number of thiophene rings is 2. The van der Waals surface area contributed by atoms with Crippen LogP contribution in [0.4, 0.5) is 5.69 Å². The number of anilines is 1. The number of benzene rings is 1. The summed E-state index contributed by atoms with van der Waals surface area (Å²) < 4.78 is 7.95. The molecule has 0 bridgehead atoms. The smallest absolute Gasteiger partial charge is 0.281 e. The maximum Gasteiger partial charge on any atom is 0.281 e. The molecule has 0 aliphatic heterocycles. The van der Waals surface area contributed by atoms with Crippen molar-refractivity contribution in [1.29, 1.82) is 0 Å².